The van der Waals surface area contributed by atoms with E-state index < -0.39 is 4.92 Å². The van der Waals surface area contributed by atoms with Crippen LogP contribution in [0, 0.1) is 10.1 Å². The zero-order chi connectivity index (χ0) is 14.8. The van der Waals surface area contributed by atoms with Gasteiger partial charge in [-0.1, -0.05) is 0 Å². The van der Waals surface area contributed by atoms with Gasteiger partial charge >= 0.3 is 0 Å². The molecule has 0 saturated carbocycles. The van der Waals surface area contributed by atoms with Crippen molar-refractivity contribution in [2.24, 2.45) is 0 Å². The topological polar surface area (TPSA) is 92.0 Å². The van der Waals surface area contributed by atoms with Crippen molar-refractivity contribution in [2.45, 2.75) is 0 Å². The minimum atomic E-state index is -0.448. The van der Waals surface area contributed by atoms with Crippen molar-refractivity contribution in [3.05, 3.63) is 65.1 Å². The summed E-state index contributed by atoms with van der Waals surface area (Å²) in [5.74, 6) is 0.168. The highest BCUT2D eigenvalue weighted by atomic mass is 16.6. The molecule has 0 saturated heterocycles. The Morgan fingerprint density at radius 1 is 1.10 bits per heavy atom. The number of aromatic hydroxyl groups is 1. The highest BCUT2D eigenvalue weighted by Gasteiger charge is 2.18. The largest absolute Gasteiger partial charge is 0.508 e. The zero-order valence-electron chi connectivity index (χ0n) is 10.9. The predicted octanol–water partition coefficient (Wildman–Crippen LogP) is 3.36. The summed E-state index contributed by atoms with van der Waals surface area (Å²) in [6.45, 7) is 0. The lowest BCUT2D eigenvalue weighted by Gasteiger charge is -2.05. The fourth-order valence-electron chi connectivity index (χ4n) is 2.22. The third-order valence-corrected chi connectivity index (χ3v) is 3.19. The number of rotatable bonds is 3. The predicted molar refractivity (Wildman–Crippen MR) is 77.8 cm³/mol. The van der Waals surface area contributed by atoms with Gasteiger partial charge in [0.2, 0.25) is 0 Å². The Morgan fingerprint density at radius 2 is 1.86 bits per heavy atom. The molecule has 3 aromatic rings. The standard InChI is InChI=1S/C15H11N3O3/c19-11-3-1-10(2-4-11)15-13(6-8-17-15)12-5-7-16-9-14(12)18(20)21/h1-9,17,19H. The van der Waals surface area contributed by atoms with E-state index in [-0.39, 0.29) is 11.4 Å². The first-order chi connectivity index (χ1) is 10.2. The lowest BCUT2D eigenvalue weighted by Crippen LogP contribution is -1.93. The van der Waals surface area contributed by atoms with E-state index in [1.54, 1.807) is 42.6 Å². The molecule has 6 nitrogen and oxygen atoms in total. The van der Waals surface area contributed by atoms with Gasteiger partial charge in [0.25, 0.3) is 5.69 Å². The van der Waals surface area contributed by atoms with Crippen LogP contribution in [0.2, 0.25) is 0 Å². The van der Waals surface area contributed by atoms with Gasteiger partial charge in [-0.25, -0.2) is 0 Å². The molecule has 1 aromatic carbocycles. The van der Waals surface area contributed by atoms with Crippen LogP contribution in [0.15, 0.2) is 55.0 Å². The van der Waals surface area contributed by atoms with Crippen molar-refractivity contribution < 1.29 is 10.0 Å². The molecule has 0 aliphatic heterocycles. The lowest BCUT2D eigenvalue weighted by atomic mass is 10.0. The Hall–Kier alpha value is -3.15. The molecule has 104 valence electrons. The Kier molecular flexibility index (Phi) is 3.12. The average molecular weight is 281 g/mol. The summed E-state index contributed by atoms with van der Waals surface area (Å²) in [5.41, 5.74) is 2.76. The molecule has 6 heteroatoms. The van der Waals surface area contributed by atoms with Gasteiger partial charge in [0, 0.05) is 18.0 Å². The molecule has 0 aliphatic rings. The first kappa shape index (κ1) is 12.9. The van der Waals surface area contributed by atoms with Crippen LogP contribution in [-0.4, -0.2) is 20.0 Å². The van der Waals surface area contributed by atoms with Crippen LogP contribution in [0.1, 0.15) is 0 Å². The van der Waals surface area contributed by atoms with Crippen molar-refractivity contribution in [3.8, 4) is 28.1 Å². The summed E-state index contributed by atoms with van der Waals surface area (Å²) in [6.07, 6.45) is 4.49. The quantitative estimate of drug-likeness (QED) is 0.568. The normalized spacial score (nSPS) is 10.5. The second-order valence-electron chi connectivity index (χ2n) is 4.46. The number of pyridine rings is 1. The molecule has 0 bridgehead atoms. The minimum Gasteiger partial charge on any atom is -0.508 e. The maximum Gasteiger partial charge on any atom is 0.295 e. The molecular formula is C15H11N3O3. The summed E-state index contributed by atoms with van der Waals surface area (Å²) in [6, 6.07) is 10.0. The van der Waals surface area contributed by atoms with Gasteiger partial charge in [0.1, 0.15) is 11.9 Å². The molecule has 0 radical (unpaired) electrons. The van der Waals surface area contributed by atoms with Crippen LogP contribution in [0.5, 0.6) is 5.75 Å². The van der Waals surface area contributed by atoms with E-state index in [4.69, 9.17) is 0 Å². The number of aromatic amines is 1. The zero-order valence-corrected chi connectivity index (χ0v) is 10.9. The van der Waals surface area contributed by atoms with Crippen molar-refractivity contribution in [1.29, 1.82) is 0 Å². The highest BCUT2D eigenvalue weighted by Crippen LogP contribution is 2.36. The number of nitro groups is 1. The molecule has 0 spiro atoms. The Labute approximate surface area is 119 Å². The number of nitrogens with zero attached hydrogens (tertiary/aromatic N) is 2. The number of phenolic OH excluding ortho intramolecular Hbond substituents is 1. The van der Waals surface area contributed by atoms with Gasteiger partial charge in [-0.2, -0.15) is 0 Å². The average Bonchev–Trinajstić information content (AvgIpc) is 2.97. The number of benzene rings is 1. The van der Waals surface area contributed by atoms with Crippen molar-refractivity contribution in [3.63, 3.8) is 0 Å². The van der Waals surface area contributed by atoms with Gasteiger partial charge in [0.05, 0.1) is 16.2 Å². The first-order valence-corrected chi connectivity index (χ1v) is 6.22. The summed E-state index contributed by atoms with van der Waals surface area (Å²) in [7, 11) is 0. The van der Waals surface area contributed by atoms with E-state index in [2.05, 4.69) is 9.97 Å². The summed E-state index contributed by atoms with van der Waals surface area (Å²) in [5, 5.41) is 20.5. The van der Waals surface area contributed by atoms with Gasteiger partial charge in [0.15, 0.2) is 0 Å². The van der Waals surface area contributed by atoms with Crippen molar-refractivity contribution in [1.82, 2.24) is 9.97 Å². The molecule has 0 atom stereocenters. The Bertz CT molecular complexity index is 794. The van der Waals surface area contributed by atoms with Crippen molar-refractivity contribution in [2.75, 3.05) is 0 Å². The van der Waals surface area contributed by atoms with Crippen LogP contribution in [0.25, 0.3) is 22.4 Å². The molecule has 0 fully saturated rings. The molecule has 3 rings (SSSR count). The Morgan fingerprint density at radius 3 is 2.57 bits per heavy atom. The molecular weight excluding hydrogens is 270 g/mol. The second kappa shape index (κ2) is 5.09. The number of aromatic nitrogens is 2. The number of nitrogens with one attached hydrogen (secondary N) is 1. The number of H-pyrrole nitrogens is 1. The van der Waals surface area contributed by atoms with Crippen LogP contribution >= 0.6 is 0 Å². The third-order valence-electron chi connectivity index (χ3n) is 3.19. The van der Waals surface area contributed by atoms with Crippen molar-refractivity contribution >= 4 is 5.69 Å². The van der Waals surface area contributed by atoms with Crippen LogP contribution < -0.4 is 0 Å². The summed E-state index contributed by atoms with van der Waals surface area (Å²) in [4.78, 5) is 17.6. The second-order valence-corrected chi connectivity index (χ2v) is 4.46. The lowest BCUT2D eigenvalue weighted by molar-refractivity contribution is -0.384. The molecule has 21 heavy (non-hydrogen) atoms. The maximum atomic E-state index is 11.1. The minimum absolute atomic E-state index is 0.0443. The van der Waals surface area contributed by atoms with E-state index in [0.29, 0.717) is 5.56 Å². The fourth-order valence-corrected chi connectivity index (χ4v) is 2.22. The Balaban J connectivity index is 2.16. The van der Waals surface area contributed by atoms with E-state index in [0.717, 1.165) is 16.8 Å². The SMILES string of the molecule is O=[N+]([O-])c1cnccc1-c1cc[nH]c1-c1ccc(O)cc1. The molecule has 2 heterocycles. The van der Waals surface area contributed by atoms with E-state index >= 15 is 0 Å². The summed E-state index contributed by atoms with van der Waals surface area (Å²) < 4.78 is 0. The summed E-state index contributed by atoms with van der Waals surface area (Å²) >= 11 is 0. The third kappa shape index (κ3) is 2.34. The van der Waals surface area contributed by atoms with Crippen LogP contribution in [0.3, 0.4) is 0 Å². The van der Waals surface area contributed by atoms with Crippen LogP contribution in [-0.2, 0) is 0 Å². The van der Waals surface area contributed by atoms with Gasteiger partial charge in [-0.15, -0.1) is 0 Å². The van der Waals surface area contributed by atoms with Crippen LogP contribution in [0.4, 0.5) is 5.69 Å². The van der Waals surface area contributed by atoms with E-state index in [1.807, 2.05) is 0 Å². The smallest absolute Gasteiger partial charge is 0.295 e. The van der Waals surface area contributed by atoms with E-state index in [1.165, 1.54) is 12.4 Å². The monoisotopic (exact) mass is 281 g/mol. The van der Waals surface area contributed by atoms with E-state index in [9.17, 15) is 15.2 Å². The maximum absolute atomic E-state index is 11.1. The van der Waals surface area contributed by atoms with Gasteiger partial charge in [-0.3, -0.25) is 15.1 Å². The highest BCUT2D eigenvalue weighted by molar-refractivity contribution is 5.85. The molecule has 0 aliphatic carbocycles. The number of hydrogen-bond donors (Lipinski definition) is 2. The number of hydrogen-bond acceptors (Lipinski definition) is 4. The molecule has 2 N–H and O–H groups in total. The molecule has 2 aromatic heterocycles. The number of phenols is 1. The molecule has 0 amide bonds. The fraction of sp³-hybridized carbons (Fsp3) is 0. The first-order valence-electron chi connectivity index (χ1n) is 6.22. The van der Waals surface area contributed by atoms with Gasteiger partial charge in [-0.05, 0) is 42.0 Å². The van der Waals surface area contributed by atoms with Gasteiger partial charge < -0.3 is 10.1 Å². The molecule has 0 unspecified atom stereocenters.